The third-order valence-corrected chi connectivity index (χ3v) is 2.89. The van der Waals surface area contributed by atoms with Crippen LogP contribution in [0.5, 0.6) is 0 Å². The highest BCUT2D eigenvalue weighted by atomic mass is 15.5. The van der Waals surface area contributed by atoms with Crippen LogP contribution in [0.25, 0.3) is 11.0 Å². The van der Waals surface area contributed by atoms with Crippen LogP contribution in [0, 0.1) is 0 Å². The predicted molar refractivity (Wildman–Crippen MR) is 81.2 cm³/mol. The molecule has 20 heavy (non-hydrogen) atoms. The topological polar surface area (TPSA) is 72.5 Å². The molecule has 0 aliphatic carbocycles. The molecule has 0 radical (unpaired) electrons. The Kier molecular flexibility index (Phi) is 5.79. The molecule has 2 aromatic heterocycles. The number of benzene rings is 1. The quantitative estimate of drug-likeness (QED) is 0.700. The third kappa shape index (κ3) is 4.51. The maximum absolute atomic E-state index is 5.43. The Bertz CT molecular complexity index is 535. The lowest BCUT2D eigenvalue weighted by molar-refractivity contribution is 0.498. The summed E-state index contributed by atoms with van der Waals surface area (Å²) in [6, 6.07) is 11.8. The van der Waals surface area contributed by atoms with Crippen molar-refractivity contribution in [3.63, 3.8) is 0 Å². The number of unbranched alkanes of at least 4 members (excludes halogenated alkanes) is 2. The van der Waals surface area contributed by atoms with Crippen LogP contribution in [0.2, 0.25) is 0 Å². The zero-order valence-electron chi connectivity index (χ0n) is 11.6. The van der Waals surface area contributed by atoms with E-state index in [0.29, 0.717) is 0 Å². The molecular formula is C15H21N5. The SMILES string of the molecule is NCCCCCn1nc2ccccc2n1.c1cc[nH]c1. The molecule has 0 fully saturated rings. The number of aromatic nitrogens is 4. The number of hydrogen-bond acceptors (Lipinski definition) is 3. The van der Waals surface area contributed by atoms with Crippen molar-refractivity contribution in [2.45, 2.75) is 25.8 Å². The van der Waals surface area contributed by atoms with Gasteiger partial charge in [0, 0.05) is 12.4 Å². The average Bonchev–Trinajstić information content (AvgIpc) is 3.15. The van der Waals surface area contributed by atoms with Crippen molar-refractivity contribution in [3.05, 3.63) is 48.8 Å². The summed E-state index contributed by atoms with van der Waals surface area (Å²) in [5.41, 5.74) is 7.37. The molecule has 0 spiro atoms. The van der Waals surface area contributed by atoms with Crippen LogP contribution in [0.4, 0.5) is 0 Å². The molecule has 0 amide bonds. The second-order valence-electron chi connectivity index (χ2n) is 4.52. The van der Waals surface area contributed by atoms with Gasteiger partial charge in [-0.15, -0.1) is 0 Å². The number of aryl methyl sites for hydroxylation is 1. The molecule has 3 aromatic rings. The van der Waals surface area contributed by atoms with Gasteiger partial charge in [0.15, 0.2) is 0 Å². The van der Waals surface area contributed by atoms with Crippen molar-refractivity contribution in [2.75, 3.05) is 6.54 Å². The number of rotatable bonds is 5. The summed E-state index contributed by atoms with van der Waals surface area (Å²) in [6.07, 6.45) is 7.08. The standard InChI is InChI=1S/C11H16N4.C4H5N/c12-8-4-1-5-9-15-13-10-6-2-3-7-11(10)14-15;1-2-4-5-3-1/h2-3,6-7H,1,4-5,8-9,12H2;1-5H. The molecule has 1 aromatic carbocycles. The van der Waals surface area contributed by atoms with Crippen molar-refractivity contribution in [3.8, 4) is 0 Å². The molecule has 0 unspecified atom stereocenters. The van der Waals surface area contributed by atoms with Crippen molar-refractivity contribution < 1.29 is 0 Å². The van der Waals surface area contributed by atoms with Crippen LogP contribution < -0.4 is 5.73 Å². The summed E-state index contributed by atoms with van der Waals surface area (Å²) in [7, 11) is 0. The zero-order valence-corrected chi connectivity index (χ0v) is 11.6. The van der Waals surface area contributed by atoms with Crippen LogP contribution in [-0.2, 0) is 6.54 Å². The molecule has 5 nitrogen and oxygen atoms in total. The second-order valence-corrected chi connectivity index (χ2v) is 4.52. The minimum absolute atomic E-state index is 0.772. The van der Waals surface area contributed by atoms with Crippen molar-refractivity contribution in [2.24, 2.45) is 5.73 Å². The summed E-state index contributed by atoms with van der Waals surface area (Å²) in [6.45, 7) is 1.66. The van der Waals surface area contributed by atoms with Gasteiger partial charge in [-0.05, 0) is 43.7 Å². The summed E-state index contributed by atoms with van der Waals surface area (Å²) in [5.74, 6) is 0. The monoisotopic (exact) mass is 271 g/mol. The van der Waals surface area contributed by atoms with Gasteiger partial charge in [0.05, 0.1) is 6.54 Å². The van der Waals surface area contributed by atoms with Crippen LogP contribution in [-0.4, -0.2) is 26.5 Å². The fraction of sp³-hybridized carbons (Fsp3) is 0.333. The molecule has 0 atom stereocenters. The highest BCUT2D eigenvalue weighted by Gasteiger charge is 2.00. The summed E-state index contributed by atoms with van der Waals surface area (Å²) >= 11 is 0. The number of nitrogens with two attached hydrogens (primary N) is 1. The Morgan fingerprint density at radius 3 is 2.05 bits per heavy atom. The van der Waals surface area contributed by atoms with E-state index < -0.39 is 0 Å². The van der Waals surface area contributed by atoms with Crippen LogP contribution in [0.15, 0.2) is 48.8 Å². The first kappa shape index (κ1) is 14.3. The van der Waals surface area contributed by atoms with E-state index in [1.165, 1.54) is 0 Å². The molecule has 3 N–H and O–H groups in total. The zero-order chi connectivity index (χ0) is 14.0. The fourth-order valence-corrected chi connectivity index (χ4v) is 1.86. The molecule has 3 rings (SSSR count). The van der Waals surface area contributed by atoms with Gasteiger partial charge in [-0.25, -0.2) is 0 Å². The number of nitrogens with zero attached hydrogens (tertiary/aromatic N) is 3. The first-order valence-corrected chi connectivity index (χ1v) is 6.98. The lowest BCUT2D eigenvalue weighted by atomic mass is 10.2. The minimum Gasteiger partial charge on any atom is -0.368 e. The van der Waals surface area contributed by atoms with Crippen LogP contribution >= 0.6 is 0 Å². The van der Waals surface area contributed by atoms with Crippen molar-refractivity contribution >= 4 is 11.0 Å². The normalized spacial score (nSPS) is 10.2. The highest BCUT2D eigenvalue weighted by Crippen LogP contribution is 2.07. The molecule has 0 saturated heterocycles. The number of aromatic amines is 1. The van der Waals surface area contributed by atoms with E-state index in [1.54, 1.807) is 4.80 Å². The van der Waals surface area contributed by atoms with E-state index in [1.807, 2.05) is 48.8 Å². The molecule has 0 aliphatic heterocycles. The Morgan fingerprint density at radius 1 is 0.900 bits per heavy atom. The average molecular weight is 271 g/mol. The molecule has 106 valence electrons. The Morgan fingerprint density at radius 2 is 1.55 bits per heavy atom. The predicted octanol–water partition coefficient (Wildman–Crippen LogP) is 2.58. The van der Waals surface area contributed by atoms with E-state index in [9.17, 15) is 0 Å². The maximum atomic E-state index is 5.43. The number of fused-ring (bicyclic) bond motifs is 1. The number of H-pyrrole nitrogens is 1. The molecule has 0 bridgehead atoms. The number of nitrogens with one attached hydrogen (secondary N) is 1. The van der Waals surface area contributed by atoms with Gasteiger partial charge in [0.1, 0.15) is 11.0 Å². The summed E-state index contributed by atoms with van der Waals surface area (Å²) in [4.78, 5) is 4.64. The van der Waals surface area contributed by atoms with E-state index in [0.717, 1.165) is 43.4 Å². The van der Waals surface area contributed by atoms with Gasteiger partial charge in [0.2, 0.25) is 0 Å². The van der Waals surface area contributed by atoms with Crippen molar-refractivity contribution in [1.29, 1.82) is 0 Å². The molecule has 2 heterocycles. The first-order valence-electron chi connectivity index (χ1n) is 6.98. The van der Waals surface area contributed by atoms with Crippen LogP contribution in [0.3, 0.4) is 0 Å². The minimum atomic E-state index is 0.772. The maximum Gasteiger partial charge on any atom is 0.113 e. The fourth-order valence-electron chi connectivity index (χ4n) is 1.86. The largest absolute Gasteiger partial charge is 0.368 e. The lowest BCUT2D eigenvalue weighted by Crippen LogP contribution is -2.04. The van der Waals surface area contributed by atoms with Gasteiger partial charge in [-0.3, -0.25) is 0 Å². The Balaban J connectivity index is 0.000000247. The second kappa shape index (κ2) is 8.12. The van der Waals surface area contributed by atoms with E-state index in [2.05, 4.69) is 15.2 Å². The number of hydrogen-bond donors (Lipinski definition) is 2. The smallest absolute Gasteiger partial charge is 0.113 e. The van der Waals surface area contributed by atoms with Gasteiger partial charge in [0.25, 0.3) is 0 Å². The summed E-state index contributed by atoms with van der Waals surface area (Å²) in [5, 5.41) is 8.77. The Hall–Kier alpha value is -2.14. The van der Waals surface area contributed by atoms with Gasteiger partial charge in [-0.1, -0.05) is 18.6 Å². The van der Waals surface area contributed by atoms with E-state index in [-0.39, 0.29) is 0 Å². The molecule has 0 aliphatic rings. The van der Waals surface area contributed by atoms with Gasteiger partial charge >= 0.3 is 0 Å². The molecule has 0 saturated carbocycles. The third-order valence-electron chi connectivity index (χ3n) is 2.89. The van der Waals surface area contributed by atoms with Crippen LogP contribution in [0.1, 0.15) is 19.3 Å². The van der Waals surface area contributed by atoms with Gasteiger partial charge in [-0.2, -0.15) is 15.0 Å². The highest BCUT2D eigenvalue weighted by molar-refractivity contribution is 5.72. The molecule has 5 heteroatoms. The molecular weight excluding hydrogens is 250 g/mol. The van der Waals surface area contributed by atoms with E-state index >= 15 is 0 Å². The van der Waals surface area contributed by atoms with Crippen molar-refractivity contribution in [1.82, 2.24) is 20.0 Å². The van der Waals surface area contributed by atoms with E-state index in [4.69, 9.17) is 5.73 Å². The Labute approximate surface area is 118 Å². The first-order chi connectivity index (χ1) is 9.90. The lowest BCUT2D eigenvalue weighted by Gasteiger charge is -1.98. The van der Waals surface area contributed by atoms with Gasteiger partial charge < -0.3 is 10.7 Å². The summed E-state index contributed by atoms with van der Waals surface area (Å²) < 4.78 is 0.